The van der Waals surface area contributed by atoms with Gasteiger partial charge in [-0.2, -0.15) is 0 Å². The van der Waals surface area contributed by atoms with Crippen LogP contribution in [0.15, 0.2) is 0 Å². The summed E-state index contributed by atoms with van der Waals surface area (Å²) in [6, 6.07) is 0.598. The molecular weight excluding hydrogens is 188 g/mol. The second kappa shape index (κ2) is 9.13. The molecule has 0 aromatic heterocycles. The lowest BCUT2D eigenvalue weighted by atomic mass is 10.2. The molecule has 1 atom stereocenters. The summed E-state index contributed by atoms with van der Waals surface area (Å²) in [7, 11) is 3.94. The van der Waals surface area contributed by atoms with Gasteiger partial charge in [-0.15, -0.1) is 0 Å². The zero-order valence-electron chi connectivity index (χ0n) is 11.0. The Kier molecular flexibility index (Phi) is 9.06. The molecule has 0 heterocycles. The molecule has 0 saturated heterocycles. The average Bonchev–Trinajstić information content (AvgIpc) is 2.17. The summed E-state index contributed by atoms with van der Waals surface area (Å²) in [5.41, 5.74) is 0. The Hall–Kier alpha value is -0.120. The summed E-state index contributed by atoms with van der Waals surface area (Å²) in [4.78, 5) is 2.38. The molecule has 0 aliphatic carbocycles. The Balaban J connectivity index is 3.46. The molecule has 0 aromatic rings. The molecule has 0 fully saturated rings. The summed E-state index contributed by atoms with van der Waals surface area (Å²) in [5.74, 6) is 0.732. The monoisotopic (exact) mass is 216 g/mol. The molecule has 3 heteroatoms. The van der Waals surface area contributed by atoms with Gasteiger partial charge in [-0.1, -0.05) is 13.8 Å². The van der Waals surface area contributed by atoms with E-state index in [4.69, 9.17) is 4.74 Å². The van der Waals surface area contributed by atoms with Crippen molar-refractivity contribution < 1.29 is 4.74 Å². The smallest absolute Gasteiger partial charge is 0.0474 e. The summed E-state index contributed by atoms with van der Waals surface area (Å²) < 4.78 is 5.04. The van der Waals surface area contributed by atoms with E-state index in [1.165, 1.54) is 0 Å². The Labute approximate surface area is 95.2 Å². The molecule has 0 aromatic carbocycles. The van der Waals surface area contributed by atoms with E-state index in [1.807, 2.05) is 0 Å². The van der Waals surface area contributed by atoms with E-state index in [0.717, 1.165) is 38.6 Å². The first-order chi connectivity index (χ1) is 7.07. The van der Waals surface area contributed by atoms with Gasteiger partial charge in [0.25, 0.3) is 0 Å². The standard InChI is InChI=1S/C12H28N2O/c1-11(2)9-13-10-12(3)14(4)7-6-8-15-5/h11-13H,6-10H2,1-5H3. The Morgan fingerprint density at radius 3 is 2.40 bits per heavy atom. The van der Waals surface area contributed by atoms with E-state index in [1.54, 1.807) is 7.11 Å². The number of ether oxygens (including phenoxy) is 1. The van der Waals surface area contributed by atoms with Crippen molar-refractivity contribution >= 4 is 0 Å². The molecule has 92 valence electrons. The summed E-state index contributed by atoms with van der Waals surface area (Å²) >= 11 is 0. The van der Waals surface area contributed by atoms with Gasteiger partial charge < -0.3 is 15.0 Å². The van der Waals surface area contributed by atoms with Crippen molar-refractivity contribution in [1.82, 2.24) is 10.2 Å². The van der Waals surface area contributed by atoms with Crippen LogP contribution in [-0.4, -0.2) is 51.3 Å². The largest absolute Gasteiger partial charge is 0.385 e. The number of nitrogens with one attached hydrogen (secondary N) is 1. The predicted octanol–water partition coefficient (Wildman–Crippen LogP) is 1.59. The maximum atomic E-state index is 5.04. The van der Waals surface area contributed by atoms with Crippen LogP contribution in [-0.2, 0) is 4.74 Å². The molecule has 15 heavy (non-hydrogen) atoms. The van der Waals surface area contributed by atoms with Crippen LogP contribution in [0.25, 0.3) is 0 Å². The normalized spacial score (nSPS) is 13.8. The lowest BCUT2D eigenvalue weighted by Gasteiger charge is -2.25. The van der Waals surface area contributed by atoms with Gasteiger partial charge in [0.05, 0.1) is 0 Å². The highest BCUT2D eigenvalue weighted by Gasteiger charge is 2.07. The third-order valence-corrected chi connectivity index (χ3v) is 2.60. The van der Waals surface area contributed by atoms with Crippen molar-refractivity contribution in [3.05, 3.63) is 0 Å². The first-order valence-corrected chi connectivity index (χ1v) is 5.97. The fourth-order valence-corrected chi connectivity index (χ4v) is 1.42. The maximum absolute atomic E-state index is 5.04. The van der Waals surface area contributed by atoms with E-state index >= 15 is 0 Å². The Morgan fingerprint density at radius 1 is 1.20 bits per heavy atom. The van der Waals surface area contributed by atoms with Crippen LogP contribution in [0.1, 0.15) is 27.2 Å². The van der Waals surface area contributed by atoms with E-state index in [0.29, 0.717) is 6.04 Å². The Bertz CT molecular complexity index is 140. The van der Waals surface area contributed by atoms with Gasteiger partial charge >= 0.3 is 0 Å². The topological polar surface area (TPSA) is 24.5 Å². The SMILES string of the molecule is COCCCN(C)C(C)CNCC(C)C. The number of nitrogens with zero attached hydrogens (tertiary/aromatic N) is 1. The van der Waals surface area contributed by atoms with Gasteiger partial charge in [-0.25, -0.2) is 0 Å². The second-order valence-corrected chi connectivity index (χ2v) is 4.73. The number of methoxy groups -OCH3 is 1. The van der Waals surface area contributed by atoms with E-state index in [9.17, 15) is 0 Å². The molecule has 0 radical (unpaired) electrons. The first kappa shape index (κ1) is 14.9. The number of hydrogen-bond donors (Lipinski definition) is 1. The van der Waals surface area contributed by atoms with E-state index in [2.05, 4.69) is 38.0 Å². The zero-order valence-corrected chi connectivity index (χ0v) is 11.0. The number of rotatable bonds is 9. The zero-order chi connectivity index (χ0) is 11.7. The molecule has 3 nitrogen and oxygen atoms in total. The van der Waals surface area contributed by atoms with Gasteiger partial charge in [0, 0.05) is 32.8 Å². The van der Waals surface area contributed by atoms with Gasteiger partial charge in [0.2, 0.25) is 0 Å². The third-order valence-electron chi connectivity index (χ3n) is 2.60. The van der Waals surface area contributed by atoms with Crippen molar-refractivity contribution in [3.8, 4) is 0 Å². The quantitative estimate of drug-likeness (QED) is 0.592. The molecule has 0 aliphatic heterocycles. The molecular formula is C12H28N2O. The van der Waals surface area contributed by atoms with Crippen LogP contribution in [0.2, 0.25) is 0 Å². The average molecular weight is 216 g/mol. The lowest BCUT2D eigenvalue weighted by molar-refractivity contribution is 0.167. The summed E-state index contributed by atoms with van der Waals surface area (Å²) in [6.07, 6.45) is 1.11. The summed E-state index contributed by atoms with van der Waals surface area (Å²) in [5, 5.41) is 3.48. The van der Waals surface area contributed by atoms with Crippen LogP contribution in [0.4, 0.5) is 0 Å². The van der Waals surface area contributed by atoms with Crippen LogP contribution >= 0.6 is 0 Å². The minimum absolute atomic E-state index is 0.598. The lowest BCUT2D eigenvalue weighted by Crippen LogP contribution is -2.39. The molecule has 0 bridgehead atoms. The Morgan fingerprint density at radius 2 is 1.87 bits per heavy atom. The van der Waals surface area contributed by atoms with Gasteiger partial charge in [0.1, 0.15) is 0 Å². The molecule has 0 rings (SSSR count). The van der Waals surface area contributed by atoms with Gasteiger partial charge in [0.15, 0.2) is 0 Å². The molecule has 0 spiro atoms. The fraction of sp³-hybridized carbons (Fsp3) is 1.00. The fourth-order valence-electron chi connectivity index (χ4n) is 1.42. The predicted molar refractivity (Wildman–Crippen MR) is 66.3 cm³/mol. The second-order valence-electron chi connectivity index (χ2n) is 4.73. The van der Waals surface area contributed by atoms with E-state index in [-0.39, 0.29) is 0 Å². The van der Waals surface area contributed by atoms with Crippen molar-refractivity contribution in [2.75, 3.05) is 40.4 Å². The third kappa shape index (κ3) is 8.85. The summed E-state index contributed by atoms with van der Waals surface area (Å²) in [6.45, 7) is 10.9. The number of likely N-dealkylation sites (N-methyl/N-ethyl adjacent to an activating group) is 1. The first-order valence-electron chi connectivity index (χ1n) is 5.97. The van der Waals surface area contributed by atoms with Crippen LogP contribution in [0.3, 0.4) is 0 Å². The molecule has 1 N–H and O–H groups in total. The molecule has 1 unspecified atom stereocenters. The van der Waals surface area contributed by atoms with Gasteiger partial charge in [-0.3, -0.25) is 0 Å². The minimum atomic E-state index is 0.598. The molecule has 0 amide bonds. The van der Waals surface area contributed by atoms with Crippen LogP contribution in [0.5, 0.6) is 0 Å². The maximum Gasteiger partial charge on any atom is 0.0474 e. The molecule has 0 aliphatic rings. The highest BCUT2D eigenvalue weighted by molar-refractivity contribution is 4.66. The van der Waals surface area contributed by atoms with E-state index < -0.39 is 0 Å². The van der Waals surface area contributed by atoms with Crippen molar-refractivity contribution in [2.24, 2.45) is 5.92 Å². The van der Waals surface area contributed by atoms with Crippen LogP contribution < -0.4 is 5.32 Å². The number of hydrogen-bond acceptors (Lipinski definition) is 3. The van der Waals surface area contributed by atoms with Crippen molar-refractivity contribution in [1.29, 1.82) is 0 Å². The van der Waals surface area contributed by atoms with Gasteiger partial charge in [-0.05, 0) is 32.9 Å². The molecule has 0 saturated carbocycles. The van der Waals surface area contributed by atoms with Crippen LogP contribution in [0, 0.1) is 5.92 Å². The highest BCUT2D eigenvalue weighted by Crippen LogP contribution is 1.96. The minimum Gasteiger partial charge on any atom is -0.385 e. The highest BCUT2D eigenvalue weighted by atomic mass is 16.5. The van der Waals surface area contributed by atoms with Crippen molar-refractivity contribution in [3.63, 3.8) is 0 Å². The van der Waals surface area contributed by atoms with Crippen molar-refractivity contribution in [2.45, 2.75) is 33.2 Å².